The van der Waals surface area contributed by atoms with Crippen LogP contribution in [0.2, 0.25) is 0 Å². The van der Waals surface area contributed by atoms with Gasteiger partial charge in [-0.05, 0) is 32.9 Å². The van der Waals surface area contributed by atoms with Crippen LogP contribution < -0.4 is 5.73 Å². The van der Waals surface area contributed by atoms with Crippen LogP contribution in [0.3, 0.4) is 0 Å². The van der Waals surface area contributed by atoms with Gasteiger partial charge in [-0.3, -0.25) is 0 Å². The van der Waals surface area contributed by atoms with Gasteiger partial charge >= 0.3 is 0 Å². The van der Waals surface area contributed by atoms with E-state index in [4.69, 9.17) is 5.73 Å². The molecule has 0 bridgehead atoms. The Kier molecular flexibility index (Phi) is 3.25. The average molecular weight is 243 g/mol. The van der Waals surface area contributed by atoms with E-state index in [0.29, 0.717) is 0 Å². The lowest BCUT2D eigenvalue weighted by Gasteiger charge is -2.30. The first-order valence-electron chi connectivity index (χ1n) is 4.87. The number of anilines is 1. The minimum atomic E-state index is -3.58. The second-order valence-electron chi connectivity index (χ2n) is 4.53. The van der Waals surface area contributed by atoms with E-state index in [0.717, 1.165) is 0 Å². The van der Waals surface area contributed by atoms with Gasteiger partial charge in [0.15, 0.2) is 0 Å². The molecule has 1 heterocycles. The van der Waals surface area contributed by atoms with Crippen LogP contribution >= 0.6 is 0 Å². The summed E-state index contributed by atoms with van der Waals surface area (Å²) in [5.41, 5.74) is 5.07. The topological polar surface area (TPSA) is 76.3 Å². The molecule has 1 aromatic heterocycles. The maximum absolute atomic E-state index is 12.2. The minimum Gasteiger partial charge on any atom is -0.383 e. The zero-order valence-corrected chi connectivity index (χ0v) is 10.7. The number of hydrogen-bond donors (Lipinski definition) is 1. The largest absolute Gasteiger partial charge is 0.383 e. The van der Waals surface area contributed by atoms with Gasteiger partial charge in [0.1, 0.15) is 10.7 Å². The summed E-state index contributed by atoms with van der Waals surface area (Å²) >= 11 is 0. The van der Waals surface area contributed by atoms with E-state index in [-0.39, 0.29) is 10.7 Å². The molecule has 0 aromatic carbocycles. The molecule has 0 aliphatic carbocycles. The monoisotopic (exact) mass is 243 g/mol. The molecule has 0 aliphatic heterocycles. The zero-order valence-electron chi connectivity index (χ0n) is 9.93. The second kappa shape index (κ2) is 4.03. The van der Waals surface area contributed by atoms with Crippen molar-refractivity contribution in [3.8, 4) is 0 Å². The first kappa shape index (κ1) is 12.9. The fourth-order valence-electron chi connectivity index (χ4n) is 1.13. The van der Waals surface area contributed by atoms with Crippen molar-refractivity contribution in [1.82, 2.24) is 9.29 Å². The molecule has 0 spiro atoms. The smallest absolute Gasteiger partial charge is 0.246 e. The predicted molar refractivity (Wildman–Crippen MR) is 63.4 cm³/mol. The van der Waals surface area contributed by atoms with Crippen LogP contribution in [0.1, 0.15) is 20.8 Å². The Morgan fingerprint density at radius 2 is 1.94 bits per heavy atom. The number of rotatable bonds is 2. The van der Waals surface area contributed by atoms with Crippen LogP contribution in [-0.2, 0) is 10.0 Å². The molecule has 1 rings (SSSR count). The molecule has 90 valence electrons. The summed E-state index contributed by atoms with van der Waals surface area (Å²) in [6.45, 7) is 5.45. The third-order valence-electron chi connectivity index (χ3n) is 2.38. The molecule has 0 amide bonds. The summed E-state index contributed by atoms with van der Waals surface area (Å²) in [6.07, 6.45) is 1.46. The van der Waals surface area contributed by atoms with Gasteiger partial charge in [0.05, 0.1) is 0 Å². The molecule has 5 nitrogen and oxygen atoms in total. The SMILES string of the molecule is CN(C(C)(C)C)S(=O)(=O)c1cccnc1N. The van der Waals surface area contributed by atoms with Gasteiger partial charge in [0.25, 0.3) is 0 Å². The van der Waals surface area contributed by atoms with E-state index in [9.17, 15) is 8.42 Å². The lowest BCUT2D eigenvalue weighted by atomic mass is 10.1. The fourth-order valence-corrected chi connectivity index (χ4v) is 2.71. The van der Waals surface area contributed by atoms with Gasteiger partial charge in [0, 0.05) is 18.8 Å². The minimum absolute atomic E-state index is 0.0265. The van der Waals surface area contributed by atoms with E-state index >= 15 is 0 Å². The molecule has 1 aromatic rings. The van der Waals surface area contributed by atoms with Crippen molar-refractivity contribution in [3.05, 3.63) is 18.3 Å². The molecule has 2 N–H and O–H groups in total. The van der Waals surface area contributed by atoms with E-state index in [1.54, 1.807) is 6.07 Å². The molecule has 0 radical (unpaired) electrons. The van der Waals surface area contributed by atoms with Gasteiger partial charge in [0.2, 0.25) is 10.0 Å². The molecule has 0 saturated carbocycles. The highest BCUT2D eigenvalue weighted by Crippen LogP contribution is 2.24. The molecular formula is C10H17N3O2S. The lowest BCUT2D eigenvalue weighted by Crippen LogP contribution is -2.42. The highest BCUT2D eigenvalue weighted by Gasteiger charge is 2.31. The summed E-state index contributed by atoms with van der Waals surface area (Å²) < 4.78 is 25.7. The Hall–Kier alpha value is -1.14. The van der Waals surface area contributed by atoms with E-state index in [2.05, 4.69) is 4.98 Å². The van der Waals surface area contributed by atoms with Crippen molar-refractivity contribution in [2.24, 2.45) is 0 Å². The third-order valence-corrected chi connectivity index (χ3v) is 4.55. The van der Waals surface area contributed by atoms with Crippen molar-refractivity contribution < 1.29 is 8.42 Å². The van der Waals surface area contributed by atoms with E-state index in [1.165, 1.54) is 23.6 Å². The Balaban J connectivity index is 3.29. The Morgan fingerprint density at radius 3 is 2.38 bits per heavy atom. The highest BCUT2D eigenvalue weighted by molar-refractivity contribution is 7.89. The normalized spacial score (nSPS) is 13.1. The molecule has 16 heavy (non-hydrogen) atoms. The van der Waals surface area contributed by atoms with E-state index < -0.39 is 15.6 Å². The molecule has 0 atom stereocenters. The summed E-state index contributed by atoms with van der Waals surface area (Å²) in [5.74, 6) is 0.0265. The van der Waals surface area contributed by atoms with Crippen LogP contribution in [-0.4, -0.2) is 30.3 Å². The Labute approximate surface area is 96.3 Å². The van der Waals surface area contributed by atoms with Gasteiger partial charge in [-0.15, -0.1) is 0 Å². The highest BCUT2D eigenvalue weighted by atomic mass is 32.2. The van der Waals surface area contributed by atoms with Crippen molar-refractivity contribution >= 4 is 15.8 Å². The Bertz CT molecular complexity index is 477. The predicted octanol–water partition coefficient (Wildman–Crippen LogP) is 1.08. The van der Waals surface area contributed by atoms with E-state index in [1.807, 2.05) is 20.8 Å². The van der Waals surface area contributed by atoms with Crippen LogP contribution in [0.4, 0.5) is 5.82 Å². The van der Waals surface area contributed by atoms with Crippen molar-refractivity contribution in [2.45, 2.75) is 31.2 Å². The maximum atomic E-state index is 12.2. The number of sulfonamides is 1. The number of nitrogens with two attached hydrogens (primary N) is 1. The summed E-state index contributed by atoms with van der Waals surface area (Å²) in [6, 6.07) is 3.01. The van der Waals surface area contributed by atoms with Crippen molar-refractivity contribution in [2.75, 3.05) is 12.8 Å². The quantitative estimate of drug-likeness (QED) is 0.843. The molecular weight excluding hydrogens is 226 g/mol. The Morgan fingerprint density at radius 1 is 1.38 bits per heavy atom. The lowest BCUT2D eigenvalue weighted by molar-refractivity contribution is 0.292. The standard InChI is InChI=1S/C10H17N3O2S/c1-10(2,3)13(4)16(14,15)8-6-5-7-12-9(8)11/h5-7H,1-4H3,(H2,11,12). The zero-order chi connectivity index (χ0) is 12.6. The summed E-state index contributed by atoms with van der Waals surface area (Å²) in [5, 5.41) is 0. The number of pyridine rings is 1. The number of nitrogens with zero attached hydrogens (tertiary/aromatic N) is 2. The average Bonchev–Trinajstić information content (AvgIpc) is 2.15. The first-order chi connectivity index (χ1) is 7.17. The maximum Gasteiger partial charge on any atom is 0.246 e. The molecule has 6 heteroatoms. The van der Waals surface area contributed by atoms with Gasteiger partial charge in [-0.2, -0.15) is 4.31 Å². The van der Waals surface area contributed by atoms with Crippen molar-refractivity contribution in [3.63, 3.8) is 0 Å². The summed E-state index contributed by atoms with van der Waals surface area (Å²) in [7, 11) is -2.05. The van der Waals surface area contributed by atoms with Gasteiger partial charge in [-0.25, -0.2) is 13.4 Å². The molecule has 0 fully saturated rings. The van der Waals surface area contributed by atoms with Gasteiger partial charge in [-0.1, -0.05) is 0 Å². The molecule has 0 saturated heterocycles. The fraction of sp³-hybridized carbons (Fsp3) is 0.500. The van der Waals surface area contributed by atoms with Crippen LogP contribution in [0.15, 0.2) is 23.2 Å². The number of aromatic nitrogens is 1. The first-order valence-corrected chi connectivity index (χ1v) is 6.31. The number of hydrogen-bond acceptors (Lipinski definition) is 4. The van der Waals surface area contributed by atoms with Crippen LogP contribution in [0, 0.1) is 0 Å². The summed E-state index contributed by atoms with van der Waals surface area (Å²) in [4.78, 5) is 3.83. The molecule has 0 unspecified atom stereocenters. The molecule has 0 aliphatic rings. The number of nitrogen functional groups attached to an aromatic ring is 1. The second-order valence-corrected chi connectivity index (χ2v) is 6.47. The van der Waals surface area contributed by atoms with Crippen molar-refractivity contribution in [1.29, 1.82) is 0 Å². The van der Waals surface area contributed by atoms with Gasteiger partial charge < -0.3 is 5.73 Å². The van der Waals surface area contributed by atoms with Crippen LogP contribution in [0.25, 0.3) is 0 Å². The van der Waals surface area contributed by atoms with Crippen LogP contribution in [0.5, 0.6) is 0 Å². The third kappa shape index (κ3) is 2.33.